The Hall–Kier alpha value is -1.03. The molecule has 0 spiro atoms. The van der Waals surface area contributed by atoms with Crippen LogP contribution in [0.2, 0.25) is 0 Å². The van der Waals surface area contributed by atoms with Crippen LogP contribution in [-0.2, 0) is 4.79 Å². The summed E-state index contributed by atoms with van der Waals surface area (Å²) < 4.78 is 0. The zero-order valence-electron chi connectivity index (χ0n) is 7.42. The van der Waals surface area contributed by atoms with Gasteiger partial charge in [0.15, 0.2) is 0 Å². The van der Waals surface area contributed by atoms with Crippen LogP contribution >= 0.6 is 0 Å². The summed E-state index contributed by atoms with van der Waals surface area (Å²) in [6.45, 7) is 2.04. The Morgan fingerprint density at radius 3 is 3.17 bits per heavy atom. The first-order chi connectivity index (χ1) is 5.88. The largest absolute Gasteiger partial charge is 0.303 e. The third-order valence-electron chi connectivity index (χ3n) is 2.13. The lowest BCUT2D eigenvalue weighted by molar-refractivity contribution is -0.108. The zero-order valence-corrected chi connectivity index (χ0v) is 7.42. The van der Waals surface area contributed by atoms with Crippen molar-refractivity contribution in [1.82, 2.24) is 0 Å². The van der Waals surface area contributed by atoms with Crippen molar-refractivity contribution in [3.05, 3.63) is 12.2 Å². The summed E-state index contributed by atoms with van der Waals surface area (Å²) in [6.07, 6.45) is 7.81. The third kappa shape index (κ3) is 2.23. The third-order valence-corrected chi connectivity index (χ3v) is 2.13. The average molecular weight is 162 g/mol. The molecule has 0 heterocycles. The Morgan fingerprint density at radius 1 is 1.67 bits per heavy atom. The van der Waals surface area contributed by atoms with Gasteiger partial charge in [-0.25, -0.2) is 0 Å². The second-order valence-corrected chi connectivity index (χ2v) is 3.03. The molecule has 1 heteroatoms. The van der Waals surface area contributed by atoms with E-state index < -0.39 is 0 Å². The second kappa shape index (κ2) is 4.77. The molecule has 2 atom stereocenters. The van der Waals surface area contributed by atoms with E-state index in [-0.39, 0.29) is 0 Å². The van der Waals surface area contributed by atoms with Crippen LogP contribution in [0.3, 0.4) is 0 Å². The maximum Gasteiger partial charge on any atom is 0.120 e. The van der Waals surface area contributed by atoms with Crippen molar-refractivity contribution in [1.29, 1.82) is 0 Å². The molecule has 0 radical (unpaired) electrons. The van der Waals surface area contributed by atoms with Gasteiger partial charge in [-0.15, -0.1) is 5.92 Å². The van der Waals surface area contributed by atoms with Gasteiger partial charge in [-0.05, 0) is 12.3 Å². The van der Waals surface area contributed by atoms with Gasteiger partial charge in [0.05, 0.1) is 0 Å². The van der Waals surface area contributed by atoms with Gasteiger partial charge in [-0.3, -0.25) is 0 Å². The Bertz CT molecular complexity index is 229. The molecule has 0 bridgehead atoms. The molecule has 0 amide bonds. The molecule has 1 rings (SSSR count). The molecule has 1 nitrogen and oxygen atoms in total. The van der Waals surface area contributed by atoms with E-state index in [0.717, 1.165) is 19.1 Å². The number of rotatable bonds is 2. The van der Waals surface area contributed by atoms with Crippen molar-refractivity contribution in [2.45, 2.75) is 26.2 Å². The Balaban J connectivity index is 2.50. The zero-order chi connectivity index (χ0) is 8.81. The van der Waals surface area contributed by atoms with Crippen molar-refractivity contribution in [2.24, 2.45) is 11.8 Å². The smallest absolute Gasteiger partial charge is 0.120 e. The van der Waals surface area contributed by atoms with E-state index in [2.05, 4.69) is 24.0 Å². The van der Waals surface area contributed by atoms with Gasteiger partial charge >= 0.3 is 0 Å². The molecule has 0 saturated heterocycles. The number of carbonyl (C=O) groups is 1. The fourth-order valence-corrected chi connectivity index (χ4v) is 1.46. The van der Waals surface area contributed by atoms with E-state index in [1.54, 1.807) is 0 Å². The number of aldehydes is 1. The fourth-order valence-electron chi connectivity index (χ4n) is 1.46. The van der Waals surface area contributed by atoms with Gasteiger partial charge < -0.3 is 4.79 Å². The minimum Gasteiger partial charge on any atom is -0.303 e. The monoisotopic (exact) mass is 162 g/mol. The van der Waals surface area contributed by atoms with Crippen LogP contribution in [0.5, 0.6) is 0 Å². The van der Waals surface area contributed by atoms with E-state index in [1.165, 1.54) is 0 Å². The molecule has 0 aromatic rings. The molecular weight excluding hydrogens is 148 g/mol. The number of hydrogen-bond donors (Lipinski definition) is 0. The van der Waals surface area contributed by atoms with Gasteiger partial charge in [0.25, 0.3) is 0 Å². The molecule has 0 aromatic heterocycles. The lowest BCUT2D eigenvalue weighted by atomic mass is 9.93. The topological polar surface area (TPSA) is 17.1 Å². The maximum atomic E-state index is 10.3. The molecule has 0 N–H and O–H groups in total. The first-order valence-electron chi connectivity index (χ1n) is 4.47. The summed E-state index contributed by atoms with van der Waals surface area (Å²) in [4.78, 5) is 10.3. The summed E-state index contributed by atoms with van der Waals surface area (Å²) in [6, 6.07) is 0. The maximum absolute atomic E-state index is 10.3. The quantitative estimate of drug-likeness (QED) is 0.345. The predicted molar refractivity (Wildman–Crippen MR) is 49.5 cm³/mol. The predicted octanol–water partition coefficient (Wildman–Crippen LogP) is 2.18. The summed E-state index contributed by atoms with van der Waals surface area (Å²) in [7, 11) is 0. The van der Waals surface area contributed by atoms with Crippen LogP contribution in [0.15, 0.2) is 12.2 Å². The Morgan fingerprint density at radius 2 is 2.50 bits per heavy atom. The highest BCUT2D eigenvalue weighted by Gasteiger charge is 2.19. The van der Waals surface area contributed by atoms with Crippen molar-refractivity contribution >= 4 is 6.29 Å². The van der Waals surface area contributed by atoms with Crippen LogP contribution in [0, 0.1) is 23.7 Å². The van der Waals surface area contributed by atoms with Crippen LogP contribution in [0.1, 0.15) is 26.2 Å². The number of allylic oxidation sites excluding steroid dienone is 2. The molecule has 1 aliphatic rings. The average Bonchev–Trinajstić information content (AvgIpc) is 2.50. The standard InChI is InChI=1S/C11H14O/c1-2-3-5-10-6-4-7-11(10)8-9-12/h4,6,9-11H,2,7-8H2,1H3. The van der Waals surface area contributed by atoms with Crippen LogP contribution in [-0.4, -0.2) is 6.29 Å². The fraction of sp³-hybridized carbons (Fsp3) is 0.545. The SMILES string of the molecule is CCC#CC1C=CCC1CC=O. The van der Waals surface area contributed by atoms with Gasteiger partial charge in [0.2, 0.25) is 0 Å². The Kier molecular flexibility index (Phi) is 3.60. The van der Waals surface area contributed by atoms with Gasteiger partial charge in [0.1, 0.15) is 6.29 Å². The highest BCUT2D eigenvalue weighted by molar-refractivity contribution is 5.50. The van der Waals surface area contributed by atoms with Gasteiger partial charge in [0, 0.05) is 18.8 Å². The second-order valence-electron chi connectivity index (χ2n) is 3.03. The molecule has 0 aromatic carbocycles. The first-order valence-corrected chi connectivity index (χ1v) is 4.47. The first kappa shape index (κ1) is 9.06. The van der Waals surface area contributed by atoms with Crippen LogP contribution < -0.4 is 0 Å². The minimum absolute atomic E-state index is 0.329. The number of hydrogen-bond acceptors (Lipinski definition) is 1. The van der Waals surface area contributed by atoms with E-state index in [1.807, 2.05) is 6.92 Å². The van der Waals surface area contributed by atoms with Crippen LogP contribution in [0.4, 0.5) is 0 Å². The van der Waals surface area contributed by atoms with Crippen LogP contribution in [0.25, 0.3) is 0 Å². The molecule has 0 aliphatic heterocycles. The van der Waals surface area contributed by atoms with E-state index in [4.69, 9.17) is 0 Å². The molecule has 2 unspecified atom stereocenters. The van der Waals surface area contributed by atoms with Crippen molar-refractivity contribution in [2.75, 3.05) is 0 Å². The van der Waals surface area contributed by atoms with Crippen molar-refractivity contribution in [3.63, 3.8) is 0 Å². The summed E-state index contributed by atoms with van der Waals surface area (Å²) in [5, 5.41) is 0. The molecule has 12 heavy (non-hydrogen) atoms. The molecule has 64 valence electrons. The van der Waals surface area contributed by atoms with Crippen molar-refractivity contribution < 1.29 is 4.79 Å². The lowest BCUT2D eigenvalue weighted by Crippen LogP contribution is -2.06. The molecular formula is C11H14O. The van der Waals surface area contributed by atoms with E-state index in [0.29, 0.717) is 18.3 Å². The van der Waals surface area contributed by atoms with Gasteiger partial charge in [-0.1, -0.05) is 25.0 Å². The summed E-state index contributed by atoms with van der Waals surface area (Å²) in [5.41, 5.74) is 0. The molecule has 0 saturated carbocycles. The normalized spacial score (nSPS) is 26.4. The summed E-state index contributed by atoms with van der Waals surface area (Å²) >= 11 is 0. The highest BCUT2D eigenvalue weighted by Crippen LogP contribution is 2.26. The lowest BCUT2D eigenvalue weighted by Gasteiger charge is -2.09. The molecule has 0 fully saturated rings. The minimum atomic E-state index is 0.329. The summed E-state index contributed by atoms with van der Waals surface area (Å²) in [5.74, 6) is 7.01. The molecule has 1 aliphatic carbocycles. The van der Waals surface area contributed by atoms with E-state index in [9.17, 15) is 4.79 Å². The Labute approximate surface area is 73.9 Å². The van der Waals surface area contributed by atoms with Crippen molar-refractivity contribution in [3.8, 4) is 11.8 Å². The van der Waals surface area contributed by atoms with Gasteiger partial charge in [-0.2, -0.15) is 0 Å². The number of carbonyl (C=O) groups excluding carboxylic acids is 1. The van der Waals surface area contributed by atoms with E-state index >= 15 is 0 Å². The highest BCUT2D eigenvalue weighted by atomic mass is 16.1.